The van der Waals surface area contributed by atoms with Crippen molar-refractivity contribution in [1.29, 1.82) is 0 Å². The first kappa shape index (κ1) is 20.2. The quantitative estimate of drug-likeness (QED) is 0.697. The number of carbonyl (C=O) groups is 1. The van der Waals surface area contributed by atoms with Gasteiger partial charge in [-0.15, -0.1) is 0 Å². The minimum atomic E-state index is -3.68. The number of sulfonamides is 1. The Morgan fingerprint density at radius 2 is 1.79 bits per heavy atom. The molecule has 1 aliphatic carbocycles. The Morgan fingerprint density at radius 1 is 1.07 bits per heavy atom. The third-order valence-corrected chi connectivity index (χ3v) is 6.29. The highest BCUT2D eigenvalue weighted by Gasteiger charge is 2.24. The van der Waals surface area contributed by atoms with Crippen molar-refractivity contribution < 1.29 is 27.8 Å². The largest absolute Gasteiger partial charge is 0.493 e. The van der Waals surface area contributed by atoms with Gasteiger partial charge in [0.2, 0.25) is 10.0 Å². The molecule has 1 unspecified atom stereocenters. The maximum absolute atomic E-state index is 12.6. The molecule has 0 heterocycles. The van der Waals surface area contributed by atoms with Gasteiger partial charge in [-0.2, -0.15) is 0 Å². The van der Waals surface area contributed by atoms with Crippen molar-refractivity contribution in [1.82, 2.24) is 4.72 Å². The summed E-state index contributed by atoms with van der Waals surface area (Å²) >= 11 is 0. The van der Waals surface area contributed by atoms with Crippen LogP contribution in [0.2, 0.25) is 0 Å². The molecule has 0 radical (unpaired) electrons. The molecule has 3 rings (SSSR count). The second kappa shape index (κ2) is 8.20. The number of methoxy groups -OCH3 is 2. The topological polar surface area (TPSA) is 102 Å². The zero-order valence-corrected chi connectivity index (χ0v) is 16.6. The van der Waals surface area contributed by atoms with Gasteiger partial charge in [0, 0.05) is 12.6 Å². The molecule has 8 heteroatoms. The third-order valence-electron chi connectivity index (χ3n) is 4.87. The van der Waals surface area contributed by atoms with Gasteiger partial charge in [-0.1, -0.05) is 18.2 Å². The van der Waals surface area contributed by atoms with Gasteiger partial charge in [-0.25, -0.2) is 13.1 Å². The van der Waals surface area contributed by atoms with Gasteiger partial charge in [-0.05, 0) is 47.6 Å². The fourth-order valence-electron chi connectivity index (χ4n) is 3.49. The van der Waals surface area contributed by atoms with Crippen LogP contribution in [0.1, 0.15) is 16.7 Å². The van der Waals surface area contributed by atoms with Crippen LogP contribution in [0.4, 0.5) is 0 Å². The van der Waals surface area contributed by atoms with Gasteiger partial charge in [0.15, 0.2) is 11.5 Å². The van der Waals surface area contributed by atoms with Crippen molar-refractivity contribution in [3.63, 3.8) is 0 Å². The van der Waals surface area contributed by atoms with Crippen LogP contribution in [0.5, 0.6) is 11.5 Å². The summed E-state index contributed by atoms with van der Waals surface area (Å²) in [5, 5.41) is 8.93. The maximum Gasteiger partial charge on any atom is 0.307 e. The van der Waals surface area contributed by atoms with Crippen LogP contribution in [-0.4, -0.2) is 40.3 Å². The Morgan fingerprint density at radius 3 is 2.46 bits per heavy atom. The molecule has 7 nitrogen and oxygen atoms in total. The Bertz CT molecular complexity index is 986. The average Bonchev–Trinajstić information content (AvgIpc) is 3.07. The van der Waals surface area contributed by atoms with E-state index in [4.69, 9.17) is 14.6 Å². The van der Waals surface area contributed by atoms with Gasteiger partial charge in [0.05, 0.1) is 25.5 Å². The van der Waals surface area contributed by atoms with E-state index in [1.165, 1.54) is 26.4 Å². The minimum Gasteiger partial charge on any atom is -0.493 e. The second-order valence-electron chi connectivity index (χ2n) is 6.82. The van der Waals surface area contributed by atoms with Gasteiger partial charge in [0.1, 0.15) is 0 Å². The van der Waals surface area contributed by atoms with E-state index in [1.807, 2.05) is 18.2 Å². The fraction of sp³-hybridized carbons (Fsp3) is 0.350. The summed E-state index contributed by atoms with van der Waals surface area (Å²) < 4.78 is 38.2. The Hall–Kier alpha value is -2.58. The summed E-state index contributed by atoms with van der Waals surface area (Å²) in [5.41, 5.74) is 3.00. The highest BCUT2D eigenvalue weighted by atomic mass is 32.2. The molecule has 1 atom stereocenters. The molecule has 0 aliphatic heterocycles. The van der Waals surface area contributed by atoms with Gasteiger partial charge < -0.3 is 14.6 Å². The summed E-state index contributed by atoms with van der Waals surface area (Å²) in [6, 6.07) is 10.1. The van der Waals surface area contributed by atoms with Gasteiger partial charge >= 0.3 is 5.97 Å². The number of carboxylic acid groups (broad SMARTS) is 1. The van der Waals surface area contributed by atoms with Gasteiger partial charge in [0.25, 0.3) is 0 Å². The van der Waals surface area contributed by atoms with Crippen LogP contribution in [0.25, 0.3) is 0 Å². The smallest absolute Gasteiger partial charge is 0.307 e. The van der Waals surface area contributed by atoms with Crippen molar-refractivity contribution in [2.24, 2.45) is 5.92 Å². The standard InChI is InChI=1S/C20H23NO6S/c1-26-18-6-5-17(11-19(18)27-2)28(24,25)21-12-14-8-15-4-3-13(10-20(22)23)7-16(15)9-14/h3-7,11,14,21H,8-10,12H2,1-2H3,(H,22,23). The van der Waals surface area contributed by atoms with Crippen LogP contribution in [0.3, 0.4) is 0 Å². The van der Waals surface area contributed by atoms with Crippen LogP contribution in [-0.2, 0) is 34.1 Å². The summed E-state index contributed by atoms with van der Waals surface area (Å²) in [4.78, 5) is 11.0. The molecule has 1 aliphatic rings. The van der Waals surface area contributed by atoms with Crippen LogP contribution >= 0.6 is 0 Å². The molecule has 0 saturated heterocycles. The van der Waals surface area contributed by atoms with E-state index in [1.54, 1.807) is 6.07 Å². The zero-order chi connectivity index (χ0) is 20.3. The molecular weight excluding hydrogens is 382 g/mol. The first-order valence-electron chi connectivity index (χ1n) is 8.86. The Balaban J connectivity index is 1.66. The highest BCUT2D eigenvalue weighted by Crippen LogP contribution is 2.30. The lowest BCUT2D eigenvalue weighted by molar-refractivity contribution is -0.136. The molecule has 2 aromatic rings. The number of carboxylic acids is 1. The number of fused-ring (bicyclic) bond motifs is 1. The first-order chi connectivity index (χ1) is 13.3. The van der Waals surface area contributed by atoms with E-state index in [-0.39, 0.29) is 17.2 Å². The molecule has 2 N–H and O–H groups in total. The summed E-state index contributed by atoms with van der Waals surface area (Å²) in [5.74, 6) is 0.0802. The number of hydrogen-bond acceptors (Lipinski definition) is 5. The molecule has 0 bridgehead atoms. The number of ether oxygens (including phenoxy) is 2. The summed E-state index contributed by atoms with van der Waals surface area (Å²) in [6.07, 6.45) is 1.47. The van der Waals surface area contributed by atoms with E-state index in [0.29, 0.717) is 18.0 Å². The number of benzene rings is 2. The number of nitrogens with one attached hydrogen (secondary N) is 1. The monoisotopic (exact) mass is 405 g/mol. The average molecular weight is 405 g/mol. The zero-order valence-electron chi connectivity index (χ0n) is 15.8. The lowest BCUT2D eigenvalue weighted by Gasteiger charge is -2.13. The van der Waals surface area contributed by atoms with Crippen molar-refractivity contribution in [3.8, 4) is 11.5 Å². The predicted octanol–water partition coefficient (Wildman–Crippen LogP) is 2.02. The number of aliphatic carboxylic acids is 1. The van der Waals surface area contributed by atoms with Crippen LogP contribution in [0, 0.1) is 5.92 Å². The minimum absolute atomic E-state index is 0.0100. The van der Waals surface area contributed by atoms with Crippen molar-refractivity contribution in [2.75, 3.05) is 20.8 Å². The molecule has 0 aromatic heterocycles. The van der Waals surface area contributed by atoms with E-state index in [0.717, 1.165) is 29.5 Å². The maximum atomic E-state index is 12.6. The fourth-order valence-corrected chi connectivity index (χ4v) is 4.62. The summed E-state index contributed by atoms with van der Waals surface area (Å²) in [6.45, 7) is 0.305. The van der Waals surface area contributed by atoms with Crippen LogP contribution in [0.15, 0.2) is 41.3 Å². The van der Waals surface area contributed by atoms with Crippen molar-refractivity contribution >= 4 is 16.0 Å². The van der Waals surface area contributed by atoms with Crippen molar-refractivity contribution in [3.05, 3.63) is 53.1 Å². The Kier molecular flexibility index (Phi) is 5.90. The number of rotatable bonds is 8. The predicted molar refractivity (Wildman–Crippen MR) is 103 cm³/mol. The molecule has 2 aromatic carbocycles. The first-order valence-corrected chi connectivity index (χ1v) is 10.3. The molecule has 0 spiro atoms. The second-order valence-corrected chi connectivity index (χ2v) is 8.58. The highest BCUT2D eigenvalue weighted by molar-refractivity contribution is 7.89. The lowest BCUT2D eigenvalue weighted by atomic mass is 10.0. The lowest BCUT2D eigenvalue weighted by Crippen LogP contribution is -2.29. The van der Waals surface area contributed by atoms with E-state index in [9.17, 15) is 13.2 Å². The molecular formula is C20H23NO6S. The van der Waals surface area contributed by atoms with E-state index >= 15 is 0 Å². The van der Waals surface area contributed by atoms with E-state index < -0.39 is 16.0 Å². The summed E-state index contributed by atoms with van der Waals surface area (Å²) in [7, 11) is -0.736. The third kappa shape index (κ3) is 4.45. The molecule has 28 heavy (non-hydrogen) atoms. The molecule has 150 valence electrons. The SMILES string of the molecule is COc1ccc(S(=O)(=O)NCC2Cc3ccc(CC(=O)O)cc3C2)cc1OC. The molecule has 0 saturated carbocycles. The van der Waals surface area contributed by atoms with Crippen LogP contribution < -0.4 is 14.2 Å². The van der Waals surface area contributed by atoms with E-state index in [2.05, 4.69) is 4.72 Å². The Labute approximate surface area is 164 Å². The molecule has 0 fully saturated rings. The van der Waals surface area contributed by atoms with Crippen molar-refractivity contribution in [2.45, 2.75) is 24.2 Å². The normalized spacial score (nSPS) is 15.9. The van der Waals surface area contributed by atoms with Gasteiger partial charge in [-0.3, -0.25) is 4.79 Å². The number of hydrogen-bond donors (Lipinski definition) is 2. The molecule has 0 amide bonds.